The Hall–Kier alpha value is -1.74. The molecule has 0 aliphatic heterocycles. The molecule has 0 radical (unpaired) electrons. The first-order valence-electron chi connectivity index (χ1n) is 5.26. The van der Waals surface area contributed by atoms with E-state index in [1.54, 1.807) is 18.2 Å². The number of halogens is 1. The molecule has 4 heteroatoms. The van der Waals surface area contributed by atoms with Gasteiger partial charge in [-0.1, -0.05) is 23.7 Å². The summed E-state index contributed by atoms with van der Waals surface area (Å²) in [6.45, 7) is 1.90. The van der Waals surface area contributed by atoms with Gasteiger partial charge >= 0.3 is 0 Å². The number of benzene rings is 1. The monoisotopic (exact) mass is 249 g/mol. The first-order valence-corrected chi connectivity index (χ1v) is 5.64. The predicted molar refractivity (Wildman–Crippen MR) is 66.0 cm³/mol. The first kappa shape index (κ1) is 11.7. The molecule has 0 aliphatic rings. The molecular formula is C13H12ClNO2. The SMILES string of the molecule is C[C@H](NC(=O)c1ccco1)c1cccc(Cl)c1. The van der Waals surface area contributed by atoms with Crippen LogP contribution in [0.15, 0.2) is 47.1 Å². The molecule has 0 aliphatic carbocycles. The van der Waals surface area contributed by atoms with E-state index in [9.17, 15) is 4.79 Å². The van der Waals surface area contributed by atoms with Crippen LogP contribution in [0.5, 0.6) is 0 Å². The van der Waals surface area contributed by atoms with Gasteiger partial charge in [0.1, 0.15) is 0 Å². The van der Waals surface area contributed by atoms with Crippen molar-refractivity contribution in [1.29, 1.82) is 0 Å². The van der Waals surface area contributed by atoms with Crippen molar-refractivity contribution in [2.45, 2.75) is 13.0 Å². The Morgan fingerprint density at radius 3 is 2.82 bits per heavy atom. The molecule has 1 aromatic carbocycles. The zero-order valence-corrected chi connectivity index (χ0v) is 10.1. The number of hydrogen-bond acceptors (Lipinski definition) is 2. The molecule has 1 aromatic heterocycles. The molecule has 2 rings (SSSR count). The van der Waals surface area contributed by atoms with Gasteiger partial charge in [0.25, 0.3) is 5.91 Å². The van der Waals surface area contributed by atoms with E-state index < -0.39 is 0 Å². The highest BCUT2D eigenvalue weighted by Gasteiger charge is 2.13. The summed E-state index contributed by atoms with van der Waals surface area (Å²) in [7, 11) is 0. The summed E-state index contributed by atoms with van der Waals surface area (Å²) in [4.78, 5) is 11.7. The van der Waals surface area contributed by atoms with Gasteiger partial charge in [0.05, 0.1) is 12.3 Å². The van der Waals surface area contributed by atoms with Crippen molar-refractivity contribution in [1.82, 2.24) is 5.32 Å². The van der Waals surface area contributed by atoms with E-state index in [-0.39, 0.29) is 11.9 Å². The number of carbonyl (C=O) groups excluding carboxylic acids is 1. The minimum atomic E-state index is -0.234. The zero-order valence-electron chi connectivity index (χ0n) is 9.31. The van der Waals surface area contributed by atoms with Crippen molar-refractivity contribution >= 4 is 17.5 Å². The smallest absolute Gasteiger partial charge is 0.287 e. The van der Waals surface area contributed by atoms with Crippen LogP contribution in [-0.2, 0) is 0 Å². The number of nitrogens with one attached hydrogen (secondary N) is 1. The van der Waals surface area contributed by atoms with Gasteiger partial charge in [-0.25, -0.2) is 0 Å². The topological polar surface area (TPSA) is 42.2 Å². The molecule has 0 fully saturated rings. The van der Waals surface area contributed by atoms with Gasteiger partial charge < -0.3 is 9.73 Å². The molecule has 0 saturated carbocycles. The predicted octanol–water partition coefficient (Wildman–Crippen LogP) is 3.42. The minimum absolute atomic E-state index is 0.119. The van der Waals surface area contributed by atoms with Crippen LogP contribution in [0.25, 0.3) is 0 Å². The first-order chi connectivity index (χ1) is 8.16. The molecular weight excluding hydrogens is 238 g/mol. The third kappa shape index (κ3) is 2.88. The normalized spacial score (nSPS) is 12.1. The summed E-state index contributed by atoms with van der Waals surface area (Å²) in [5, 5.41) is 3.49. The van der Waals surface area contributed by atoms with Gasteiger partial charge in [0.2, 0.25) is 0 Å². The van der Waals surface area contributed by atoms with Crippen molar-refractivity contribution in [3.8, 4) is 0 Å². The third-order valence-electron chi connectivity index (χ3n) is 2.44. The second-order valence-corrected chi connectivity index (χ2v) is 4.16. The molecule has 1 heterocycles. The van der Waals surface area contributed by atoms with Crippen LogP contribution in [0.2, 0.25) is 5.02 Å². The molecule has 1 amide bonds. The van der Waals surface area contributed by atoms with Gasteiger partial charge in [-0.15, -0.1) is 0 Å². The van der Waals surface area contributed by atoms with Gasteiger partial charge in [-0.3, -0.25) is 4.79 Å². The van der Waals surface area contributed by atoms with Crippen LogP contribution in [0.1, 0.15) is 29.1 Å². The minimum Gasteiger partial charge on any atom is -0.459 e. The van der Waals surface area contributed by atoms with Crippen molar-refractivity contribution < 1.29 is 9.21 Å². The fraction of sp³-hybridized carbons (Fsp3) is 0.154. The number of furan rings is 1. The molecule has 17 heavy (non-hydrogen) atoms. The molecule has 3 nitrogen and oxygen atoms in total. The average Bonchev–Trinajstić information content (AvgIpc) is 2.82. The molecule has 1 N–H and O–H groups in total. The maximum absolute atomic E-state index is 11.7. The van der Waals surface area contributed by atoms with Crippen molar-refractivity contribution in [3.05, 3.63) is 59.0 Å². The van der Waals surface area contributed by atoms with Crippen LogP contribution < -0.4 is 5.32 Å². The number of amides is 1. The largest absolute Gasteiger partial charge is 0.459 e. The summed E-state index contributed by atoms with van der Waals surface area (Å²) in [5.74, 6) is 0.0707. The fourth-order valence-electron chi connectivity index (χ4n) is 1.53. The molecule has 1 atom stereocenters. The summed E-state index contributed by atoms with van der Waals surface area (Å²) in [5.41, 5.74) is 0.956. The second-order valence-electron chi connectivity index (χ2n) is 3.73. The highest BCUT2D eigenvalue weighted by molar-refractivity contribution is 6.30. The van der Waals surface area contributed by atoms with Gasteiger partial charge in [0.15, 0.2) is 5.76 Å². The van der Waals surface area contributed by atoms with Crippen molar-refractivity contribution in [2.24, 2.45) is 0 Å². The Bertz CT molecular complexity index is 508. The molecule has 0 unspecified atom stereocenters. The van der Waals surface area contributed by atoms with E-state index in [4.69, 9.17) is 16.0 Å². The highest BCUT2D eigenvalue weighted by atomic mass is 35.5. The fourth-order valence-corrected chi connectivity index (χ4v) is 1.73. The van der Waals surface area contributed by atoms with Crippen LogP contribution in [0.4, 0.5) is 0 Å². The van der Waals surface area contributed by atoms with Crippen LogP contribution in [-0.4, -0.2) is 5.91 Å². The second kappa shape index (κ2) is 5.06. The van der Waals surface area contributed by atoms with E-state index >= 15 is 0 Å². The lowest BCUT2D eigenvalue weighted by Crippen LogP contribution is -2.26. The lowest BCUT2D eigenvalue weighted by Gasteiger charge is -2.13. The van der Waals surface area contributed by atoms with E-state index in [0.29, 0.717) is 10.8 Å². The number of rotatable bonds is 3. The molecule has 2 aromatic rings. The van der Waals surface area contributed by atoms with Crippen molar-refractivity contribution in [2.75, 3.05) is 0 Å². The van der Waals surface area contributed by atoms with Crippen LogP contribution in [0.3, 0.4) is 0 Å². The van der Waals surface area contributed by atoms with Crippen molar-refractivity contribution in [3.63, 3.8) is 0 Å². The van der Waals surface area contributed by atoms with E-state index in [1.165, 1.54) is 6.26 Å². The number of hydrogen-bond donors (Lipinski definition) is 1. The Labute approximate surface area is 104 Å². The van der Waals surface area contributed by atoms with E-state index in [0.717, 1.165) is 5.56 Å². The Morgan fingerprint density at radius 1 is 1.35 bits per heavy atom. The van der Waals surface area contributed by atoms with Gasteiger partial charge in [-0.05, 0) is 36.8 Å². The Kier molecular flexibility index (Phi) is 3.49. The van der Waals surface area contributed by atoms with E-state index in [2.05, 4.69) is 5.32 Å². The lowest BCUT2D eigenvalue weighted by atomic mass is 10.1. The molecule has 88 valence electrons. The highest BCUT2D eigenvalue weighted by Crippen LogP contribution is 2.17. The van der Waals surface area contributed by atoms with Crippen LogP contribution in [0, 0.1) is 0 Å². The standard InChI is InChI=1S/C13H12ClNO2/c1-9(10-4-2-5-11(14)8-10)15-13(16)12-6-3-7-17-12/h2-9H,1H3,(H,15,16)/t9-/m0/s1. The Balaban J connectivity index is 2.07. The molecule has 0 spiro atoms. The summed E-state index contributed by atoms with van der Waals surface area (Å²) in [6, 6.07) is 10.6. The van der Waals surface area contributed by atoms with Gasteiger partial charge in [-0.2, -0.15) is 0 Å². The Morgan fingerprint density at radius 2 is 2.18 bits per heavy atom. The number of carbonyl (C=O) groups is 1. The molecule has 0 bridgehead atoms. The summed E-state index contributed by atoms with van der Waals surface area (Å²) in [6.07, 6.45) is 1.47. The summed E-state index contributed by atoms with van der Waals surface area (Å²) < 4.78 is 5.02. The average molecular weight is 250 g/mol. The maximum Gasteiger partial charge on any atom is 0.287 e. The molecule has 0 saturated heterocycles. The summed E-state index contributed by atoms with van der Waals surface area (Å²) >= 11 is 5.89. The quantitative estimate of drug-likeness (QED) is 0.906. The third-order valence-corrected chi connectivity index (χ3v) is 2.68. The van der Waals surface area contributed by atoms with Gasteiger partial charge in [0, 0.05) is 5.02 Å². The zero-order chi connectivity index (χ0) is 12.3. The maximum atomic E-state index is 11.7. The lowest BCUT2D eigenvalue weighted by molar-refractivity contribution is 0.0912. The van der Waals surface area contributed by atoms with E-state index in [1.807, 2.05) is 25.1 Å². The van der Waals surface area contributed by atoms with Crippen LogP contribution >= 0.6 is 11.6 Å².